The zero-order valence-corrected chi connectivity index (χ0v) is 16.3. The van der Waals surface area contributed by atoms with E-state index in [4.69, 9.17) is 11.2 Å². The van der Waals surface area contributed by atoms with E-state index in [1.165, 1.54) is 5.39 Å². The lowest BCUT2D eigenvalue weighted by Crippen LogP contribution is -2.28. The number of imide groups is 1. The zero-order chi connectivity index (χ0) is 20.2. The van der Waals surface area contributed by atoms with Crippen molar-refractivity contribution >= 4 is 39.8 Å². The largest absolute Gasteiger partial charge is 0.488 e. The van der Waals surface area contributed by atoms with E-state index in [1.54, 1.807) is 6.08 Å². The van der Waals surface area contributed by atoms with Gasteiger partial charge in [-0.25, -0.2) is 0 Å². The van der Waals surface area contributed by atoms with E-state index < -0.39 is 0 Å². The Morgan fingerprint density at radius 2 is 1.76 bits per heavy atom. The van der Waals surface area contributed by atoms with Crippen LogP contribution in [0, 0.1) is 12.3 Å². The minimum atomic E-state index is -0.373. The van der Waals surface area contributed by atoms with Crippen molar-refractivity contribution in [3.05, 3.63) is 82.8 Å². The molecule has 1 saturated heterocycles. The van der Waals surface area contributed by atoms with E-state index in [2.05, 4.69) is 30.2 Å². The maximum absolute atomic E-state index is 12.4. The number of carbonyl (C=O) groups is 2. The lowest BCUT2D eigenvalue weighted by molar-refractivity contribution is -0.122. The third kappa shape index (κ3) is 4.03. The molecule has 4 nitrogen and oxygen atoms in total. The minimum Gasteiger partial charge on any atom is -0.488 e. The fourth-order valence-corrected chi connectivity index (χ4v) is 3.92. The molecule has 1 heterocycles. The maximum Gasteiger partial charge on any atom is 0.294 e. The lowest BCUT2D eigenvalue weighted by Gasteiger charge is -2.10. The Balaban J connectivity index is 1.55. The quantitative estimate of drug-likeness (QED) is 0.443. The van der Waals surface area contributed by atoms with Crippen molar-refractivity contribution in [2.75, 3.05) is 6.54 Å². The van der Waals surface area contributed by atoms with Crippen LogP contribution in [0.3, 0.4) is 0 Å². The highest BCUT2D eigenvalue weighted by Gasteiger charge is 2.34. The number of amides is 2. The molecule has 0 aromatic heterocycles. The van der Waals surface area contributed by atoms with Crippen molar-refractivity contribution in [3.63, 3.8) is 0 Å². The van der Waals surface area contributed by atoms with E-state index in [1.807, 2.05) is 42.5 Å². The van der Waals surface area contributed by atoms with Crippen LogP contribution in [-0.2, 0) is 11.4 Å². The van der Waals surface area contributed by atoms with Gasteiger partial charge in [-0.1, -0.05) is 60.5 Å². The van der Waals surface area contributed by atoms with Crippen LogP contribution in [0.5, 0.6) is 5.75 Å². The number of para-hydroxylation sites is 1. The molecular formula is C24H17NO3S. The van der Waals surface area contributed by atoms with Crippen LogP contribution >= 0.6 is 11.8 Å². The first-order valence-corrected chi connectivity index (χ1v) is 9.86. The molecule has 0 unspecified atom stereocenters. The summed E-state index contributed by atoms with van der Waals surface area (Å²) in [6.07, 6.45) is 6.92. The molecule has 5 heteroatoms. The number of hydrogen-bond donors (Lipinski definition) is 0. The number of fused-ring (bicyclic) bond motifs is 1. The molecule has 1 aliphatic heterocycles. The van der Waals surface area contributed by atoms with Gasteiger partial charge in [0.15, 0.2) is 0 Å². The van der Waals surface area contributed by atoms with Crippen LogP contribution < -0.4 is 4.74 Å². The normalized spacial score (nSPS) is 15.1. The predicted molar refractivity (Wildman–Crippen MR) is 116 cm³/mol. The van der Waals surface area contributed by atoms with Gasteiger partial charge < -0.3 is 4.74 Å². The van der Waals surface area contributed by atoms with Crippen molar-refractivity contribution in [3.8, 4) is 18.1 Å². The molecule has 1 aliphatic rings. The van der Waals surface area contributed by atoms with Gasteiger partial charge in [0.2, 0.25) is 0 Å². The summed E-state index contributed by atoms with van der Waals surface area (Å²) >= 11 is 0.889. The first-order valence-electron chi connectivity index (χ1n) is 9.04. The Hall–Kier alpha value is -3.49. The second-order valence-electron chi connectivity index (χ2n) is 6.48. The maximum atomic E-state index is 12.4. The van der Waals surface area contributed by atoms with E-state index in [9.17, 15) is 9.59 Å². The van der Waals surface area contributed by atoms with Gasteiger partial charge in [0.25, 0.3) is 11.1 Å². The molecule has 0 bridgehead atoms. The number of rotatable bonds is 5. The molecule has 3 aromatic rings. The van der Waals surface area contributed by atoms with Crippen molar-refractivity contribution in [1.82, 2.24) is 4.90 Å². The number of benzene rings is 3. The molecule has 0 atom stereocenters. The average molecular weight is 399 g/mol. The summed E-state index contributed by atoms with van der Waals surface area (Å²) in [7, 11) is 0. The third-order valence-corrected chi connectivity index (χ3v) is 5.44. The van der Waals surface area contributed by atoms with Crippen LogP contribution in [-0.4, -0.2) is 22.6 Å². The Kier molecular flexibility index (Phi) is 5.37. The van der Waals surface area contributed by atoms with Crippen LogP contribution in [0.25, 0.3) is 16.8 Å². The number of nitrogens with zero attached hydrogens (tertiary/aromatic N) is 1. The number of ether oxygens (including phenoxy) is 1. The zero-order valence-electron chi connectivity index (χ0n) is 15.5. The van der Waals surface area contributed by atoms with Gasteiger partial charge in [0, 0.05) is 5.56 Å². The summed E-state index contributed by atoms with van der Waals surface area (Å²) < 4.78 is 6.02. The number of carbonyl (C=O) groups excluding carboxylic acids is 2. The van der Waals surface area contributed by atoms with E-state index in [0.29, 0.717) is 17.3 Å². The minimum absolute atomic E-state index is 0.0257. The number of hydrogen-bond acceptors (Lipinski definition) is 4. The fourth-order valence-electron chi connectivity index (χ4n) is 3.09. The van der Waals surface area contributed by atoms with Gasteiger partial charge in [-0.15, -0.1) is 6.42 Å². The Bertz CT molecular complexity index is 1180. The van der Waals surface area contributed by atoms with E-state index >= 15 is 0 Å². The summed E-state index contributed by atoms with van der Waals surface area (Å²) in [5.41, 5.74) is 1.78. The monoisotopic (exact) mass is 399 g/mol. The summed E-state index contributed by atoms with van der Waals surface area (Å²) in [5.74, 6) is 2.61. The average Bonchev–Trinajstić information content (AvgIpc) is 3.01. The molecule has 1 fully saturated rings. The molecule has 3 aromatic carbocycles. The Labute approximate surface area is 173 Å². The van der Waals surface area contributed by atoms with Crippen molar-refractivity contribution in [1.29, 1.82) is 0 Å². The Morgan fingerprint density at radius 3 is 2.59 bits per heavy atom. The number of terminal acetylenes is 1. The highest BCUT2D eigenvalue weighted by Crippen LogP contribution is 2.34. The highest BCUT2D eigenvalue weighted by atomic mass is 32.2. The van der Waals surface area contributed by atoms with Gasteiger partial charge in [0.05, 0.1) is 11.4 Å². The summed E-state index contributed by atoms with van der Waals surface area (Å²) in [4.78, 5) is 25.8. The SMILES string of the molecule is C#CCN1C(=O)S/C(=C/c2ccccc2OCc2ccc3ccccc3c2)C1=O. The first-order chi connectivity index (χ1) is 14.2. The molecule has 0 saturated carbocycles. The van der Waals surface area contributed by atoms with E-state index in [-0.39, 0.29) is 17.7 Å². The lowest BCUT2D eigenvalue weighted by atomic mass is 10.1. The fraction of sp³-hybridized carbons (Fsp3) is 0.0833. The van der Waals surface area contributed by atoms with Gasteiger partial charge in [-0.05, 0) is 46.3 Å². The van der Waals surface area contributed by atoms with Crippen LogP contribution in [0.4, 0.5) is 4.79 Å². The van der Waals surface area contributed by atoms with E-state index in [0.717, 1.165) is 33.2 Å². The van der Waals surface area contributed by atoms with Gasteiger partial charge in [-0.3, -0.25) is 14.5 Å². The number of thioether (sulfide) groups is 1. The second kappa shape index (κ2) is 8.26. The molecule has 29 heavy (non-hydrogen) atoms. The van der Waals surface area contributed by atoms with Crippen molar-refractivity contribution in [2.45, 2.75) is 6.61 Å². The molecule has 0 spiro atoms. The van der Waals surface area contributed by atoms with Gasteiger partial charge in [-0.2, -0.15) is 0 Å². The third-order valence-electron chi connectivity index (χ3n) is 4.54. The van der Waals surface area contributed by atoms with Crippen LogP contribution in [0.1, 0.15) is 11.1 Å². The molecule has 0 N–H and O–H groups in total. The summed E-state index contributed by atoms with van der Waals surface area (Å²) in [6.45, 7) is 0.371. The Morgan fingerprint density at radius 1 is 1.00 bits per heavy atom. The molecule has 0 aliphatic carbocycles. The predicted octanol–water partition coefficient (Wildman–Crippen LogP) is 5.09. The van der Waals surface area contributed by atoms with Crippen molar-refractivity contribution in [2.24, 2.45) is 0 Å². The highest BCUT2D eigenvalue weighted by molar-refractivity contribution is 8.18. The second-order valence-corrected chi connectivity index (χ2v) is 7.47. The summed E-state index contributed by atoms with van der Waals surface area (Å²) in [6, 6.07) is 21.8. The molecule has 142 valence electrons. The van der Waals surface area contributed by atoms with Crippen molar-refractivity contribution < 1.29 is 14.3 Å². The molecular weight excluding hydrogens is 382 g/mol. The molecule has 0 radical (unpaired) electrons. The van der Waals surface area contributed by atoms with Gasteiger partial charge in [0.1, 0.15) is 12.4 Å². The topological polar surface area (TPSA) is 46.6 Å². The molecule has 4 rings (SSSR count). The molecule has 2 amide bonds. The summed E-state index contributed by atoms with van der Waals surface area (Å²) in [5, 5.41) is 1.98. The van der Waals surface area contributed by atoms with Gasteiger partial charge >= 0.3 is 0 Å². The van der Waals surface area contributed by atoms with Crippen LogP contribution in [0.15, 0.2) is 71.6 Å². The standard InChI is InChI=1S/C24H17NO3S/c1-2-13-25-23(26)22(29-24(25)27)15-20-9-5-6-10-21(20)28-16-17-11-12-18-7-3-4-8-19(18)14-17/h1,3-12,14-15H,13,16H2/b22-15+. The first kappa shape index (κ1) is 18.9. The smallest absolute Gasteiger partial charge is 0.294 e. The van der Waals surface area contributed by atoms with Crippen LogP contribution in [0.2, 0.25) is 0 Å².